The molecule has 230 valence electrons. The summed E-state index contributed by atoms with van der Waals surface area (Å²) in [6.45, 7) is 4.68. The number of nitrogens with zero attached hydrogens (tertiary/aromatic N) is 3. The number of pyridine rings is 1. The normalized spacial score (nSPS) is 13.7. The lowest BCUT2D eigenvalue weighted by atomic mass is 9.82. The van der Waals surface area contributed by atoms with Crippen molar-refractivity contribution in [2.45, 2.75) is 19.3 Å². The minimum absolute atomic E-state index is 0.00318. The first-order chi connectivity index (χ1) is 24.1. The summed E-state index contributed by atoms with van der Waals surface area (Å²) < 4.78 is 4.80. The van der Waals surface area contributed by atoms with Crippen LogP contribution in [0.4, 0.5) is 0 Å². The van der Waals surface area contributed by atoms with Crippen LogP contribution in [0.25, 0.3) is 88.1 Å². The van der Waals surface area contributed by atoms with Gasteiger partial charge in [0.25, 0.3) is 0 Å². The summed E-state index contributed by atoms with van der Waals surface area (Å²) in [5.41, 5.74) is 15.8. The Bertz CT molecular complexity index is 3030. The van der Waals surface area contributed by atoms with Crippen molar-refractivity contribution in [1.29, 1.82) is 0 Å². The quantitative estimate of drug-likeness (QED) is 0.175. The molecule has 0 bridgehead atoms. The number of benzene rings is 7. The Kier molecular flexibility index (Phi) is 5.18. The lowest BCUT2D eigenvalue weighted by Gasteiger charge is -2.21. The van der Waals surface area contributed by atoms with Gasteiger partial charge >= 0.3 is 0 Å². The van der Waals surface area contributed by atoms with Gasteiger partial charge in [-0.2, -0.15) is 0 Å². The Morgan fingerprint density at radius 3 is 2.02 bits per heavy atom. The maximum absolute atomic E-state index is 5.13. The smallest absolute Gasteiger partial charge is 0.146 e. The van der Waals surface area contributed by atoms with E-state index in [1.54, 1.807) is 0 Å². The molecule has 10 aromatic rings. The number of rotatable bonds is 2. The van der Waals surface area contributed by atoms with Crippen LogP contribution in [0.15, 0.2) is 152 Å². The summed E-state index contributed by atoms with van der Waals surface area (Å²) in [4.78, 5) is 5.13. The van der Waals surface area contributed by atoms with Crippen LogP contribution in [0.1, 0.15) is 25.0 Å². The highest BCUT2D eigenvalue weighted by Crippen LogP contribution is 2.49. The molecule has 0 saturated carbocycles. The van der Waals surface area contributed by atoms with E-state index in [1.165, 1.54) is 71.5 Å². The molecular weight excluding hydrogens is 595 g/mol. The Balaban J connectivity index is 1.18. The van der Waals surface area contributed by atoms with Crippen LogP contribution in [0.2, 0.25) is 0 Å². The molecule has 7 aromatic carbocycles. The van der Waals surface area contributed by atoms with E-state index in [4.69, 9.17) is 4.98 Å². The third-order valence-electron chi connectivity index (χ3n) is 11.1. The Morgan fingerprint density at radius 2 is 1.12 bits per heavy atom. The van der Waals surface area contributed by atoms with E-state index in [0.29, 0.717) is 0 Å². The van der Waals surface area contributed by atoms with Crippen LogP contribution in [-0.2, 0) is 5.41 Å². The second-order valence-corrected chi connectivity index (χ2v) is 14.0. The SMILES string of the molecule is CC1(C)c2ccccc2-c2cc(-c3cccc(-n4c5ccccc5c5cc6c(cc54)c4ccccc4c4nc5ccccc5n64)c3)ccc21. The first-order valence-electron chi connectivity index (χ1n) is 17.1. The zero-order valence-corrected chi connectivity index (χ0v) is 27.3. The fourth-order valence-corrected chi connectivity index (χ4v) is 8.77. The summed E-state index contributed by atoms with van der Waals surface area (Å²) in [7, 11) is 0. The van der Waals surface area contributed by atoms with E-state index in [-0.39, 0.29) is 5.41 Å². The predicted molar refractivity (Wildman–Crippen MR) is 205 cm³/mol. The van der Waals surface area contributed by atoms with Gasteiger partial charge in [0.05, 0.1) is 27.6 Å². The Hall–Kier alpha value is -6.19. The minimum atomic E-state index is -0.00318. The van der Waals surface area contributed by atoms with Crippen molar-refractivity contribution in [2.24, 2.45) is 0 Å². The molecule has 0 spiro atoms. The molecule has 3 heteroatoms. The van der Waals surface area contributed by atoms with E-state index in [2.05, 4.69) is 174 Å². The first kappa shape index (κ1) is 26.8. The van der Waals surface area contributed by atoms with Crippen LogP contribution < -0.4 is 0 Å². The summed E-state index contributed by atoms with van der Waals surface area (Å²) in [6, 6.07) is 55.7. The van der Waals surface area contributed by atoms with Crippen molar-refractivity contribution in [1.82, 2.24) is 14.0 Å². The number of fused-ring (bicyclic) bond motifs is 14. The topological polar surface area (TPSA) is 22.2 Å². The van der Waals surface area contributed by atoms with Crippen molar-refractivity contribution < 1.29 is 0 Å². The van der Waals surface area contributed by atoms with Gasteiger partial charge in [-0.15, -0.1) is 0 Å². The number of imidazole rings is 1. The third-order valence-corrected chi connectivity index (χ3v) is 11.1. The molecule has 3 nitrogen and oxygen atoms in total. The summed E-state index contributed by atoms with van der Waals surface area (Å²) in [5, 5.41) is 6.08. The van der Waals surface area contributed by atoms with Gasteiger partial charge in [0.2, 0.25) is 0 Å². The third kappa shape index (κ3) is 3.54. The Labute approximate surface area is 283 Å². The highest BCUT2D eigenvalue weighted by Gasteiger charge is 2.35. The van der Waals surface area contributed by atoms with Crippen molar-refractivity contribution in [3.05, 3.63) is 163 Å². The van der Waals surface area contributed by atoms with Crippen molar-refractivity contribution in [3.8, 4) is 27.9 Å². The fourth-order valence-electron chi connectivity index (χ4n) is 8.77. The molecule has 49 heavy (non-hydrogen) atoms. The molecule has 1 aliphatic rings. The van der Waals surface area contributed by atoms with Crippen molar-refractivity contribution in [2.75, 3.05) is 0 Å². The zero-order valence-electron chi connectivity index (χ0n) is 27.3. The summed E-state index contributed by atoms with van der Waals surface area (Å²) in [6.07, 6.45) is 0. The molecule has 0 fully saturated rings. The lowest BCUT2D eigenvalue weighted by Crippen LogP contribution is -2.14. The fraction of sp³-hybridized carbons (Fsp3) is 0.0652. The molecule has 0 amide bonds. The van der Waals surface area contributed by atoms with Gasteiger partial charge in [0.1, 0.15) is 5.65 Å². The number of aromatic nitrogens is 3. The zero-order chi connectivity index (χ0) is 32.4. The highest BCUT2D eigenvalue weighted by atomic mass is 15.0. The first-order valence-corrected chi connectivity index (χ1v) is 17.1. The molecular formula is C46H31N3. The number of hydrogen-bond acceptors (Lipinski definition) is 1. The second-order valence-electron chi connectivity index (χ2n) is 14.0. The van der Waals surface area contributed by atoms with Gasteiger partial charge in [-0.25, -0.2) is 4.98 Å². The largest absolute Gasteiger partial charge is 0.309 e. The van der Waals surface area contributed by atoms with E-state index in [1.807, 2.05) is 0 Å². The molecule has 0 radical (unpaired) electrons. The molecule has 3 heterocycles. The van der Waals surface area contributed by atoms with Gasteiger partial charge in [-0.3, -0.25) is 4.40 Å². The molecule has 0 atom stereocenters. The van der Waals surface area contributed by atoms with Gasteiger partial charge in [0.15, 0.2) is 0 Å². The molecule has 0 saturated heterocycles. The summed E-state index contributed by atoms with van der Waals surface area (Å²) in [5.74, 6) is 0. The molecule has 0 N–H and O–H groups in total. The second kappa shape index (κ2) is 9.46. The van der Waals surface area contributed by atoms with Gasteiger partial charge in [-0.05, 0) is 87.3 Å². The standard InChI is InChI=1S/C46H31N3/c1-46(2)38-18-7-5-15-32(38)35-25-29(22-23-39(35)46)28-12-11-13-30(24-28)48-41-20-9-6-16-33(41)37-27-44-36(26-43(37)48)31-14-3-4-17-34(31)45-47-40-19-8-10-21-42(40)49(44)45/h3-27H,1-2H3. The summed E-state index contributed by atoms with van der Waals surface area (Å²) >= 11 is 0. The average molecular weight is 626 g/mol. The molecule has 0 aliphatic heterocycles. The van der Waals surface area contributed by atoms with Crippen LogP contribution in [-0.4, -0.2) is 14.0 Å². The molecule has 0 unspecified atom stereocenters. The average Bonchev–Trinajstić information content (AvgIpc) is 3.77. The van der Waals surface area contributed by atoms with E-state index in [9.17, 15) is 0 Å². The van der Waals surface area contributed by atoms with E-state index >= 15 is 0 Å². The highest BCUT2D eigenvalue weighted by molar-refractivity contribution is 6.20. The predicted octanol–water partition coefficient (Wildman–Crippen LogP) is 11.9. The molecule has 11 rings (SSSR count). The number of hydrogen-bond donors (Lipinski definition) is 0. The maximum atomic E-state index is 5.13. The van der Waals surface area contributed by atoms with Crippen LogP contribution >= 0.6 is 0 Å². The van der Waals surface area contributed by atoms with Crippen LogP contribution in [0.5, 0.6) is 0 Å². The molecule has 1 aliphatic carbocycles. The lowest BCUT2D eigenvalue weighted by molar-refractivity contribution is 0.660. The van der Waals surface area contributed by atoms with Gasteiger partial charge in [-0.1, -0.05) is 117 Å². The van der Waals surface area contributed by atoms with Crippen molar-refractivity contribution in [3.63, 3.8) is 0 Å². The van der Waals surface area contributed by atoms with Crippen LogP contribution in [0.3, 0.4) is 0 Å². The minimum Gasteiger partial charge on any atom is -0.309 e. The maximum Gasteiger partial charge on any atom is 0.146 e. The van der Waals surface area contributed by atoms with E-state index < -0.39 is 0 Å². The monoisotopic (exact) mass is 625 g/mol. The van der Waals surface area contributed by atoms with Crippen LogP contribution in [0, 0.1) is 0 Å². The van der Waals surface area contributed by atoms with Gasteiger partial charge < -0.3 is 4.57 Å². The molecule has 3 aromatic heterocycles. The van der Waals surface area contributed by atoms with E-state index in [0.717, 1.165) is 27.8 Å². The number of para-hydroxylation sites is 3. The van der Waals surface area contributed by atoms with Crippen molar-refractivity contribution >= 4 is 60.2 Å². The Morgan fingerprint density at radius 1 is 0.449 bits per heavy atom. The van der Waals surface area contributed by atoms with Gasteiger partial charge in [0, 0.05) is 32.6 Å².